The summed E-state index contributed by atoms with van der Waals surface area (Å²) in [5.74, 6) is 1.52. The van der Waals surface area contributed by atoms with Gasteiger partial charge in [0, 0.05) is 11.8 Å². The number of alkyl halides is 2. The van der Waals surface area contributed by atoms with Crippen LogP contribution in [-0.4, -0.2) is 38.7 Å². The molecule has 0 bridgehead atoms. The van der Waals surface area contributed by atoms with Crippen molar-refractivity contribution < 1.29 is 0 Å². The lowest BCUT2D eigenvalue weighted by Gasteiger charge is -2.33. The van der Waals surface area contributed by atoms with Crippen LogP contribution in [-0.2, 0) is 0 Å². The zero-order chi connectivity index (χ0) is 8.91. The van der Waals surface area contributed by atoms with Gasteiger partial charge in [-0.3, -0.25) is 0 Å². The van der Waals surface area contributed by atoms with Crippen molar-refractivity contribution in [3.63, 3.8) is 0 Å². The molecule has 11 heavy (non-hydrogen) atoms. The minimum atomic E-state index is -1.26. The minimum Gasteiger partial charge on any atom is -0.329 e. The highest BCUT2D eigenvalue weighted by atomic mass is 35.5. The first-order chi connectivity index (χ1) is 5.06. The van der Waals surface area contributed by atoms with E-state index < -0.39 is 8.24 Å². The van der Waals surface area contributed by atoms with E-state index in [1.807, 2.05) is 0 Å². The van der Waals surface area contributed by atoms with Crippen molar-refractivity contribution in [3.05, 3.63) is 0 Å². The fourth-order valence-electron chi connectivity index (χ4n) is 0.979. The van der Waals surface area contributed by atoms with E-state index in [9.17, 15) is 0 Å². The summed E-state index contributed by atoms with van der Waals surface area (Å²) in [7, 11) is 3.00. The van der Waals surface area contributed by atoms with E-state index in [2.05, 4.69) is 25.2 Å². The number of hydrogen-bond acceptors (Lipinski definition) is 1. The highest BCUT2D eigenvalue weighted by Gasteiger charge is 2.28. The van der Waals surface area contributed by atoms with Crippen LogP contribution < -0.4 is 0 Å². The Kier molecular flexibility index (Phi) is 5.78. The van der Waals surface area contributed by atoms with Gasteiger partial charge in [-0.2, -0.15) is 0 Å². The van der Waals surface area contributed by atoms with Gasteiger partial charge in [0.25, 0.3) is 0 Å². The summed E-state index contributed by atoms with van der Waals surface area (Å²) in [6.07, 6.45) is 0. The first kappa shape index (κ1) is 11.8. The molecule has 0 N–H and O–H groups in total. The van der Waals surface area contributed by atoms with Crippen LogP contribution in [0, 0.1) is 0 Å². The van der Waals surface area contributed by atoms with E-state index in [0.717, 1.165) is 23.8 Å². The molecule has 0 fully saturated rings. The van der Waals surface area contributed by atoms with Crippen molar-refractivity contribution in [3.8, 4) is 0 Å². The van der Waals surface area contributed by atoms with Gasteiger partial charge in [-0.25, -0.2) is 0 Å². The summed E-state index contributed by atoms with van der Waals surface area (Å²) in [6, 6.07) is 2.27. The zero-order valence-corrected chi connectivity index (χ0v) is 10.0. The Labute approximate surface area is 80.8 Å². The van der Waals surface area contributed by atoms with Gasteiger partial charge in [0.1, 0.15) is 8.24 Å². The Morgan fingerprint density at radius 1 is 1.09 bits per heavy atom. The molecule has 1 nitrogen and oxygen atoms in total. The Balaban J connectivity index is 4.01. The van der Waals surface area contributed by atoms with Gasteiger partial charge in [0.15, 0.2) is 0 Å². The van der Waals surface area contributed by atoms with E-state index in [4.69, 9.17) is 23.2 Å². The Bertz CT molecular complexity index is 103. The monoisotopic (exact) mass is 213 g/mol. The Hall–Kier alpha value is 0.757. The fraction of sp³-hybridized carbons (Fsp3) is 1.00. The van der Waals surface area contributed by atoms with Crippen LogP contribution in [0.5, 0.6) is 0 Å². The molecule has 0 heterocycles. The average Bonchev–Trinajstić information content (AvgIpc) is 1.88. The molecule has 0 aromatic heterocycles. The van der Waals surface area contributed by atoms with Gasteiger partial charge in [0.05, 0.1) is 0 Å². The first-order valence-corrected chi connectivity index (χ1v) is 7.79. The Morgan fingerprint density at radius 2 is 1.45 bits per heavy atom. The summed E-state index contributed by atoms with van der Waals surface area (Å²) >= 11 is 11.5. The Morgan fingerprint density at radius 3 is 1.64 bits per heavy atom. The van der Waals surface area contributed by atoms with Crippen LogP contribution >= 0.6 is 23.2 Å². The SMILES string of the molecule is CN(C)[Si](C)(CCCl)CCCl. The van der Waals surface area contributed by atoms with E-state index in [-0.39, 0.29) is 0 Å². The second kappa shape index (κ2) is 5.41. The molecule has 68 valence electrons. The van der Waals surface area contributed by atoms with Crippen LogP contribution in [0.25, 0.3) is 0 Å². The van der Waals surface area contributed by atoms with Gasteiger partial charge in [-0.15, -0.1) is 23.2 Å². The van der Waals surface area contributed by atoms with Gasteiger partial charge < -0.3 is 4.57 Å². The summed E-state index contributed by atoms with van der Waals surface area (Å²) in [5, 5.41) is 0. The molecule has 0 atom stereocenters. The summed E-state index contributed by atoms with van der Waals surface area (Å²) in [5.41, 5.74) is 0. The predicted octanol–water partition coefficient (Wildman–Crippen LogP) is 2.60. The molecule has 0 aliphatic rings. The number of halogens is 2. The van der Waals surface area contributed by atoms with Crippen molar-refractivity contribution in [2.75, 3.05) is 25.9 Å². The molecule has 0 aromatic rings. The molecule has 0 rings (SSSR count). The molecular weight excluding hydrogens is 197 g/mol. The van der Waals surface area contributed by atoms with Crippen molar-refractivity contribution in [1.82, 2.24) is 4.57 Å². The van der Waals surface area contributed by atoms with Gasteiger partial charge in [0.2, 0.25) is 0 Å². The molecule has 0 unspecified atom stereocenters. The summed E-state index contributed by atoms with van der Waals surface area (Å²) < 4.78 is 2.33. The molecule has 0 aliphatic heterocycles. The number of hydrogen-bond donors (Lipinski definition) is 0. The molecule has 0 saturated heterocycles. The number of rotatable bonds is 5. The molecular formula is C7H17Cl2NSi. The van der Waals surface area contributed by atoms with Crippen LogP contribution in [0.3, 0.4) is 0 Å². The second-order valence-corrected chi connectivity index (χ2v) is 8.91. The van der Waals surface area contributed by atoms with Crippen LogP contribution in [0.4, 0.5) is 0 Å². The van der Waals surface area contributed by atoms with E-state index in [1.54, 1.807) is 0 Å². The first-order valence-electron chi connectivity index (χ1n) is 3.86. The maximum absolute atomic E-state index is 5.73. The lowest BCUT2D eigenvalue weighted by molar-refractivity contribution is 0.611. The quantitative estimate of drug-likeness (QED) is 0.502. The number of nitrogens with zero attached hydrogens (tertiary/aromatic N) is 1. The summed E-state index contributed by atoms with van der Waals surface area (Å²) in [6.45, 7) is 2.33. The van der Waals surface area contributed by atoms with Gasteiger partial charge in [-0.05, 0) is 26.2 Å². The van der Waals surface area contributed by atoms with Crippen molar-refractivity contribution in [2.45, 2.75) is 18.6 Å². The zero-order valence-electron chi connectivity index (χ0n) is 7.53. The standard InChI is InChI=1S/C7H17Cl2NSi/c1-10(2)11(3,6-4-8)7-5-9/h4-7H2,1-3H3. The highest BCUT2D eigenvalue weighted by molar-refractivity contribution is 6.76. The topological polar surface area (TPSA) is 3.24 Å². The maximum atomic E-state index is 5.73. The van der Waals surface area contributed by atoms with Gasteiger partial charge >= 0.3 is 0 Å². The summed E-state index contributed by atoms with van der Waals surface area (Å²) in [4.78, 5) is 0. The van der Waals surface area contributed by atoms with E-state index in [0.29, 0.717) is 0 Å². The third-order valence-electron chi connectivity index (χ3n) is 2.35. The van der Waals surface area contributed by atoms with Crippen molar-refractivity contribution in [1.29, 1.82) is 0 Å². The minimum absolute atomic E-state index is 0.762. The van der Waals surface area contributed by atoms with E-state index in [1.165, 1.54) is 0 Å². The molecule has 0 saturated carbocycles. The van der Waals surface area contributed by atoms with Crippen LogP contribution in [0.15, 0.2) is 0 Å². The van der Waals surface area contributed by atoms with Crippen LogP contribution in [0.2, 0.25) is 18.6 Å². The normalized spacial score (nSPS) is 12.5. The highest BCUT2D eigenvalue weighted by Crippen LogP contribution is 2.19. The molecule has 0 radical (unpaired) electrons. The molecule has 0 spiro atoms. The molecule has 0 amide bonds. The molecule has 4 heteroatoms. The van der Waals surface area contributed by atoms with Crippen molar-refractivity contribution >= 4 is 31.4 Å². The smallest absolute Gasteiger partial charge is 0.127 e. The lowest BCUT2D eigenvalue weighted by Crippen LogP contribution is -2.47. The predicted molar refractivity (Wildman–Crippen MR) is 56.4 cm³/mol. The van der Waals surface area contributed by atoms with E-state index >= 15 is 0 Å². The second-order valence-electron chi connectivity index (χ2n) is 3.27. The lowest BCUT2D eigenvalue weighted by atomic mass is 10.9. The molecule has 0 aromatic carbocycles. The van der Waals surface area contributed by atoms with Gasteiger partial charge in [-0.1, -0.05) is 6.55 Å². The van der Waals surface area contributed by atoms with Crippen molar-refractivity contribution in [2.24, 2.45) is 0 Å². The third kappa shape index (κ3) is 3.79. The average molecular weight is 214 g/mol. The largest absolute Gasteiger partial charge is 0.329 e. The maximum Gasteiger partial charge on any atom is 0.127 e. The molecule has 0 aliphatic carbocycles. The fourth-order valence-corrected chi connectivity index (χ4v) is 5.38. The third-order valence-corrected chi connectivity index (χ3v) is 8.17. The van der Waals surface area contributed by atoms with Crippen LogP contribution in [0.1, 0.15) is 0 Å².